The highest BCUT2D eigenvalue weighted by Crippen LogP contribution is 2.31. The van der Waals surface area contributed by atoms with E-state index in [0.717, 1.165) is 50.0 Å². The zero-order valence-corrected chi connectivity index (χ0v) is 10.7. The van der Waals surface area contributed by atoms with Crippen LogP contribution in [0.2, 0.25) is 0 Å². The lowest BCUT2D eigenvalue weighted by Gasteiger charge is -2.31. The molecule has 0 amide bonds. The Labute approximate surface area is 110 Å². The lowest BCUT2D eigenvalue weighted by Crippen LogP contribution is -2.37. The molecular weight excluding hydrogens is 255 g/mol. The van der Waals surface area contributed by atoms with Crippen molar-refractivity contribution in [1.29, 1.82) is 0 Å². The van der Waals surface area contributed by atoms with Gasteiger partial charge in [0.2, 0.25) is 0 Å². The second-order valence-electron chi connectivity index (χ2n) is 4.92. The summed E-state index contributed by atoms with van der Waals surface area (Å²) in [4.78, 5) is 2.02. The van der Waals surface area contributed by atoms with Crippen LogP contribution < -0.4 is 4.90 Å². The normalized spacial score (nSPS) is 21.3. The molecule has 1 aliphatic rings. The molecule has 1 aromatic carbocycles. The molecule has 0 saturated carbocycles. The Morgan fingerprint density at radius 3 is 2.37 bits per heavy atom. The van der Waals surface area contributed by atoms with Gasteiger partial charge in [0, 0.05) is 12.2 Å². The fourth-order valence-corrected chi connectivity index (χ4v) is 2.55. The minimum Gasteiger partial charge on any atom is -0.394 e. The third-order valence-electron chi connectivity index (χ3n) is 3.61. The number of alkyl halides is 3. The number of rotatable bonds is 2. The minimum atomic E-state index is -4.30. The lowest BCUT2D eigenvalue weighted by atomic mass is 10.1. The molecule has 5 heteroatoms. The Bertz CT molecular complexity index is 402. The highest BCUT2D eigenvalue weighted by molar-refractivity contribution is 5.49. The summed E-state index contributed by atoms with van der Waals surface area (Å²) >= 11 is 0. The van der Waals surface area contributed by atoms with E-state index in [9.17, 15) is 18.3 Å². The van der Waals surface area contributed by atoms with Crippen molar-refractivity contribution in [3.63, 3.8) is 0 Å². The van der Waals surface area contributed by atoms with Gasteiger partial charge in [-0.1, -0.05) is 12.8 Å². The van der Waals surface area contributed by atoms with Gasteiger partial charge in [0.15, 0.2) is 0 Å². The molecule has 0 aromatic heterocycles. The fraction of sp³-hybridized carbons (Fsp3) is 0.571. The fourth-order valence-electron chi connectivity index (χ4n) is 2.55. The quantitative estimate of drug-likeness (QED) is 0.892. The highest BCUT2D eigenvalue weighted by atomic mass is 19.4. The van der Waals surface area contributed by atoms with Gasteiger partial charge in [0.1, 0.15) is 0 Å². The van der Waals surface area contributed by atoms with E-state index in [-0.39, 0.29) is 12.6 Å². The first-order valence-corrected chi connectivity index (χ1v) is 6.57. The summed E-state index contributed by atoms with van der Waals surface area (Å²) in [6.07, 6.45) is -0.237. The zero-order valence-electron chi connectivity index (χ0n) is 10.7. The number of halogens is 3. The monoisotopic (exact) mass is 273 g/mol. The van der Waals surface area contributed by atoms with Crippen LogP contribution in [0.15, 0.2) is 24.3 Å². The first kappa shape index (κ1) is 14.2. The van der Waals surface area contributed by atoms with Crippen LogP contribution in [0.3, 0.4) is 0 Å². The molecule has 1 aromatic rings. The Morgan fingerprint density at radius 1 is 1.11 bits per heavy atom. The first-order chi connectivity index (χ1) is 9.02. The molecule has 0 aliphatic carbocycles. The molecule has 1 unspecified atom stereocenters. The van der Waals surface area contributed by atoms with Gasteiger partial charge in [-0.05, 0) is 37.1 Å². The van der Waals surface area contributed by atoms with Gasteiger partial charge in [0.05, 0.1) is 18.2 Å². The van der Waals surface area contributed by atoms with E-state index in [1.54, 1.807) is 0 Å². The van der Waals surface area contributed by atoms with Crippen LogP contribution in [-0.2, 0) is 6.18 Å². The maximum atomic E-state index is 12.5. The molecule has 2 nitrogen and oxygen atoms in total. The SMILES string of the molecule is OCC1CCCCCN1c1ccc(C(F)(F)F)cc1. The van der Waals surface area contributed by atoms with Gasteiger partial charge in [0.25, 0.3) is 0 Å². The van der Waals surface area contributed by atoms with Crippen molar-refractivity contribution < 1.29 is 18.3 Å². The number of nitrogens with zero attached hydrogens (tertiary/aromatic N) is 1. The van der Waals surface area contributed by atoms with Crippen LogP contribution in [0.1, 0.15) is 31.2 Å². The molecule has 1 heterocycles. The summed E-state index contributed by atoms with van der Waals surface area (Å²) in [5.74, 6) is 0. The number of benzene rings is 1. The molecule has 1 saturated heterocycles. The van der Waals surface area contributed by atoms with E-state index in [0.29, 0.717) is 0 Å². The van der Waals surface area contributed by atoms with E-state index in [2.05, 4.69) is 0 Å². The average molecular weight is 273 g/mol. The summed E-state index contributed by atoms with van der Waals surface area (Å²) in [7, 11) is 0. The van der Waals surface area contributed by atoms with E-state index in [1.807, 2.05) is 4.90 Å². The van der Waals surface area contributed by atoms with E-state index < -0.39 is 11.7 Å². The first-order valence-electron chi connectivity index (χ1n) is 6.57. The number of aliphatic hydroxyl groups excluding tert-OH is 1. The maximum absolute atomic E-state index is 12.5. The Morgan fingerprint density at radius 2 is 1.79 bits per heavy atom. The van der Waals surface area contributed by atoms with Gasteiger partial charge < -0.3 is 10.0 Å². The second-order valence-corrected chi connectivity index (χ2v) is 4.92. The highest BCUT2D eigenvalue weighted by Gasteiger charge is 2.30. The average Bonchev–Trinajstić information content (AvgIpc) is 2.62. The molecule has 1 fully saturated rings. The molecule has 1 aliphatic heterocycles. The van der Waals surface area contributed by atoms with Crippen LogP contribution in [-0.4, -0.2) is 24.3 Å². The molecule has 1 atom stereocenters. The van der Waals surface area contributed by atoms with Gasteiger partial charge in [-0.25, -0.2) is 0 Å². The van der Waals surface area contributed by atoms with E-state index in [4.69, 9.17) is 0 Å². The van der Waals surface area contributed by atoms with Crippen molar-refractivity contribution in [3.8, 4) is 0 Å². The van der Waals surface area contributed by atoms with E-state index in [1.165, 1.54) is 12.1 Å². The van der Waals surface area contributed by atoms with Crippen LogP contribution in [0.4, 0.5) is 18.9 Å². The summed E-state index contributed by atoms with van der Waals surface area (Å²) in [5.41, 5.74) is 0.126. The molecule has 19 heavy (non-hydrogen) atoms. The summed E-state index contributed by atoms with van der Waals surface area (Å²) in [6.45, 7) is 0.831. The minimum absolute atomic E-state index is 0.0132. The van der Waals surface area contributed by atoms with Gasteiger partial charge >= 0.3 is 6.18 Å². The van der Waals surface area contributed by atoms with Crippen molar-refractivity contribution in [2.24, 2.45) is 0 Å². The predicted octanol–water partition coefficient (Wildman–Crippen LogP) is 3.45. The van der Waals surface area contributed by atoms with Crippen LogP contribution in [0, 0.1) is 0 Å². The van der Waals surface area contributed by atoms with Crippen LogP contribution in [0.25, 0.3) is 0 Å². The molecule has 2 rings (SSSR count). The Balaban J connectivity index is 2.19. The third kappa shape index (κ3) is 3.41. The van der Waals surface area contributed by atoms with Gasteiger partial charge in [-0.2, -0.15) is 13.2 Å². The van der Waals surface area contributed by atoms with Crippen LogP contribution in [0.5, 0.6) is 0 Å². The smallest absolute Gasteiger partial charge is 0.394 e. The molecule has 0 bridgehead atoms. The molecule has 1 N–H and O–H groups in total. The molecular formula is C14H18F3NO. The Hall–Kier alpha value is -1.23. The largest absolute Gasteiger partial charge is 0.416 e. The standard InChI is InChI=1S/C14H18F3NO/c15-14(16,17)11-5-7-12(8-6-11)18-9-3-1-2-4-13(18)10-19/h5-8,13,19H,1-4,9-10H2. The van der Waals surface area contributed by atoms with E-state index >= 15 is 0 Å². The van der Waals surface area contributed by atoms with Crippen molar-refractivity contribution in [2.45, 2.75) is 37.9 Å². The van der Waals surface area contributed by atoms with Crippen molar-refractivity contribution in [2.75, 3.05) is 18.1 Å². The van der Waals surface area contributed by atoms with Crippen LogP contribution >= 0.6 is 0 Å². The summed E-state index contributed by atoms with van der Waals surface area (Å²) in [6, 6.07) is 5.22. The summed E-state index contributed by atoms with van der Waals surface area (Å²) in [5, 5.41) is 9.41. The molecule has 0 spiro atoms. The Kier molecular flexibility index (Phi) is 4.34. The number of anilines is 1. The van der Waals surface area contributed by atoms with Crippen molar-refractivity contribution in [1.82, 2.24) is 0 Å². The van der Waals surface area contributed by atoms with Crippen molar-refractivity contribution >= 4 is 5.69 Å². The maximum Gasteiger partial charge on any atom is 0.416 e. The lowest BCUT2D eigenvalue weighted by molar-refractivity contribution is -0.137. The number of hydrogen-bond acceptors (Lipinski definition) is 2. The van der Waals surface area contributed by atoms with Gasteiger partial charge in [-0.15, -0.1) is 0 Å². The molecule has 0 radical (unpaired) electrons. The predicted molar refractivity (Wildman–Crippen MR) is 68.1 cm³/mol. The molecule has 106 valence electrons. The van der Waals surface area contributed by atoms with Crippen molar-refractivity contribution in [3.05, 3.63) is 29.8 Å². The zero-order chi connectivity index (χ0) is 13.9. The topological polar surface area (TPSA) is 23.5 Å². The number of aliphatic hydroxyl groups is 1. The third-order valence-corrected chi connectivity index (χ3v) is 3.61. The van der Waals surface area contributed by atoms with Gasteiger partial charge in [-0.3, -0.25) is 0 Å². The number of hydrogen-bond donors (Lipinski definition) is 1. The second kappa shape index (κ2) is 5.82. The summed E-state index contributed by atoms with van der Waals surface area (Å²) < 4.78 is 37.5.